The van der Waals surface area contributed by atoms with E-state index < -0.39 is 20.1 Å². The maximum Gasteiger partial charge on any atom is 0.416 e. The van der Waals surface area contributed by atoms with Crippen LogP contribution >= 0.6 is 22.6 Å². The molecule has 1 aliphatic rings. The van der Waals surface area contributed by atoms with E-state index in [1.54, 1.807) is 6.07 Å². The summed E-state index contributed by atoms with van der Waals surface area (Å²) >= 11 is 2.16. The molecule has 0 aliphatic carbocycles. The van der Waals surface area contributed by atoms with Crippen LogP contribution in [0, 0.1) is 3.57 Å². The summed E-state index contributed by atoms with van der Waals surface area (Å²) in [5, 5.41) is 2.71. The van der Waals surface area contributed by atoms with Gasteiger partial charge < -0.3 is 9.74 Å². The lowest BCUT2D eigenvalue weighted by molar-refractivity contribution is -0.138. The maximum absolute atomic E-state index is 14.0. The number of likely N-dealkylation sites (tertiary alicyclic amines) is 1. The molecular weight excluding hydrogens is 596 g/mol. The van der Waals surface area contributed by atoms with E-state index >= 15 is 0 Å². The Balaban J connectivity index is 1.70. The Kier molecular flexibility index (Phi) is 9.33. The van der Waals surface area contributed by atoms with E-state index in [9.17, 15) is 18.0 Å². The van der Waals surface area contributed by atoms with Crippen molar-refractivity contribution >= 4 is 42.5 Å². The molecule has 1 N–H and O–H groups in total. The molecule has 0 aromatic heterocycles. The SMILES string of the molecule is CC(C)(C)[Si](C)(C)OC1CCCN(Cc2ccc(NC(=O)Cc3cccc(I)c3)cc2C(F)(F)F)C1. The maximum atomic E-state index is 14.0. The summed E-state index contributed by atoms with van der Waals surface area (Å²) in [5.41, 5.74) is 0.471. The molecule has 9 heteroatoms. The first-order valence-electron chi connectivity index (χ1n) is 12.3. The predicted octanol–water partition coefficient (Wildman–Crippen LogP) is 7.48. The number of nitrogens with zero attached hydrogens (tertiary/aromatic N) is 1. The van der Waals surface area contributed by atoms with Crippen molar-refractivity contribution in [2.24, 2.45) is 0 Å². The summed E-state index contributed by atoms with van der Waals surface area (Å²) in [4.78, 5) is 14.5. The zero-order chi connectivity index (χ0) is 26.7. The van der Waals surface area contributed by atoms with Crippen LogP contribution in [0.2, 0.25) is 18.1 Å². The summed E-state index contributed by atoms with van der Waals surface area (Å²) < 4.78 is 49.5. The molecule has 1 fully saturated rings. The predicted molar refractivity (Wildman–Crippen MR) is 150 cm³/mol. The fraction of sp³-hybridized carbons (Fsp3) is 0.519. The molecule has 1 aliphatic heterocycles. The summed E-state index contributed by atoms with van der Waals surface area (Å²) in [5.74, 6) is -0.348. The highest BCUT2D eigenvalue weighted by Crippen LogP contribution is 2.39. The van der Waals surface area contributed by atoms with Crippen molar-refractivity contribution in [1.82, 2.24) is 4.90 Å². The molecule has 0 bridgehead atoms. The zero-order valence-electron chi connectivity index (χ0n) is 21.6. The van der Waals surface area contributed by atoms with Gasteiger partial charge >= 0.3 is 6.18 Å². The molecule has 2 aromatic rings. The van der Waals surface area contributed by atoms with E-state index in [1.807, 2.05) is 24.3 Å². The minimum absolute atomic E-state index is 0.0357. The lowest BCUT2D eigenvalue weighted by Crippen LogP contribution is -2.49. The molecule has 1 atom stereocenters. The standard InChI is InChI=1S/C27H36F3IN2O2Si/c1-26(2,3)36(4,5)35-23-10-7-13-33(18-23)17-20-11-12-22(16-24(20)27(28,29)30)32-25(34)15-19-8-6-9-21(31)14-19/h6,8-9,11-12,14,16,23H,7,10,13,15,17-18H2,1-5H3,(H,32,34). The van der Waals surface area contributed by atoms with Crippen LogP contribution in [-0.4, -0.2) is 38.3 Å². The molecule has 1 amide bonds. The Labute approximate surface area is 227 Å². The lowest BCUT2D eigenvalue weighted by Gasteiger charge is -2.42. The van der Waals surface area contributed by atoms with Gasteiger partial charge in [0, 0.05) is 22.3 Å². The van der Waals surface area contributed by atoms with Gasteiger partial charge in [-0.2, -0.15) is 13.2 Å². The van der Waals surface area contributed by atoms with E-state index in [4.69, 9.17) is 4.43 Å². The van der Waals surface area contributed by atoms with Crippen LogP contribution < -0.4 is 5.32 Å². The molecule has 3 rings (SSSR count). The Morgan fingerprint density at radius 1 is 1.17 bits per heavy atom. The van der Waals surface area contributed by atoms with E-state index in [2.05, 4.69) is 66.7 Å². The van der Waals surface area contributed by atoms with Gasteiger partial charge in [-0.05, 0) is 95.5 Å². The van der Waals surface area contributed by atoms with Crippen molar-refractivity contribution in [3.8, 4) is 0 Å². The van der Waals surface area contributed by atoms with Gasteiger partial charge in [-0.1, -0.05) is 39.0 Å². The second kappa shape index (κ2) is 11.5. The first kappa shape index (κ1) is 29.1. The topological polar surface area (TPSA) is 41.6 Å². The van der Waals surface area contributed by atoms with Gasteiger partial charge in [-0.3, -0.25) is 9.69 Å². The normalized spacial score (nSPS) is 17.8. The van der Waals surface area contributed by atoms with Gasteiger partial charge in [-0.25, -0.2) is 0 Å². The molecule has 0 spiro atoms. The Morgan fingerprint density at radius 3 is 2.53 bits per heavy atom. The molecule has 1 unspecified atom stereocenters. The Morgan fingerprint density at radius 2 is 1.89 bits per heavy atom. The van der Waals surface area contributed by atoms with Crippen LogP contribution in [0.3, 0.4) is 0 Å². The summed E-state index contributed by atoms with van der Waals surface area (Å²) in [7, 11) is -1.96. The first-order chi connectivity index (χ1) is 16.6. The van der Waals surface area contributed by atoms with Crippen molar-refractivity contribution in [2.45, 2.75) is 77.0 Å². The number of carbonyl (C=O) groups is 1. The van der Waals surface area contributed by atoms with Crippen LogP contribution in [-0.2, 0) is 28.4 Å². The van der Waals surface area contributed by atoms with Gasteiger partial charge in [0.1, 0.15) is 0 Å². The monoisotopic (exact) mass is 632 g/mol. The highest BCUT2D eigenvalue weighted by atomic mass is 127. The van der Waals surface area contributed by atoms with Crippen LogP contribution in [0.5, 0.6) is 0 Å². The molecule has 36 heavy (non-hydrogen) atoms. The van der Waals surface area contributed by atoms with Crippen LogP contribution in [0.15, 0.2) is 42.5 Å². The molecule has 0 radical (unpaired) electrons. The molecule has 198 valence electrons. The van der Waals surface area contributed by atoms with Crippen molar-refractivity contribution in [2.75, 3.05) is 18.4 Å². The zero-order valence-corrected chi connectivity index (χ0v) is 24.8. The molecule has 1 saturated heterocycles. The Hall–Kier alpha value is -1.43. The number of nitrogens with one attached hydrogen (secondary N) is 1. The second-order valence-electron chi connectivity index (χ2n) is 11.1. The van der Waals surface area contributed by atoms with Gasteiger partial charge in [0.25, 0.3) is 0 Å². The van der Waals surface area contributed by atoms with E-state index in [1.165, 1.54) is 6.07 Å². The van der Waals surface area contributed by atoms with Crippen molar-refractivity contribution in [3.05, 3.63) is 62.7 Å². The molecule has 1 heterocycles. The van der Waals surface area contributed by atoms with E-state index in [-0.39, 0.29) is 41.3 Å². The minimum Gasteiger partial charge on any atom is -0.413 e. The number of hydrogen-bond donors (Lipinski definition) is 1. The number of piperidine rings is 1. The lowest BCUT2D eigenvalue weighted by atomic mass is 10.0. The number of hydrogen-bond acceptors (Lipinski definition) is 3. The molecule has 4 nitrogen and oxygen atoms in total. The average Bonchev–Trinajstić information content (AvgIpc) is 2.73. The third-order valence-corrected chi connectivity index (χ3v) is 12.3. The number of rotatable bonds is 7. The summed E-state index contributed by atoms with van der Waals surface area (Å²) in [6, 6.07) is 11.6. The van der Waals surface area contributed by atoms with Gasteiger partial charge in [0.05, 0.1) is 18.1 Å². The molecule has 2 aromatic carbocycles. The quantitative estimate of drug-likeness (QED) is 0.254. The highest BCUT2D eigenvalue weighted by Gasteiger charge is 2.40. The van der Waals surface area contributed by atoms with Crippen molar-refractivity contribution < 1.29 is 22.4 Å². The number of carbonyl (C=O) groups excluding carboxylic acids is 1. The van der Waals surface area contributed by atoms with E-state index in [0.29, 0.717) is 6.54 Å². The Bertz CT molecular complexity index is 1070. The number of anilines is 1. The van der Waals surface area contributed by atoms with Gasteiger partial charge in [0.15, 0.2) is 8.32 Å². The number of halogens is 4. The van der Waals surface area contributed by atoms with Crippen molar-refractivity contribution in [3.63, 3.8) is 0 Å². The van der Waals surface area contributed by atoms with Gasteiger partial charge in [-0.15, -0.1) is 0 Å². The van der Waals surface area contributed by atoms with Gasteiger partial charge in [0.2, 0.25) is 5.91 Å². The molecule has 0 saturated carbocycles. The van der Waals surface area contributed by atoms with Crippen LogP contribution in [0.25, 0.3) is 0 Å². The first-order valence-corrected chi connectivity index (χ1v) is 16.3. The fourth-order valence-electron chi connectivity index (χ4n) is 4.18. The number of amides is 1. The average molecular weight is 633 g/mol. The third kappa shape index (κ3) is 8.03. The third-order valence-electron chi connectivity index (χ3n) is 7.08. The fourth-order valence-corrected chi connectivity index (χ4v) is 6.17. The largest absolute Gasteiger partial charge is 0.416 e. The van der Waals surface area contributed by atoms with Crippen LogP contribution in [0.1, 0.15) is 50.3 Å². The number of benzene rings is 2. The summed E-state index contributed by atoms with van der Waals surface area (Å²) in [6.45, 7) is 12.5. The minimum atomic E-state index is -4.52. The highest BCUT2D eigenvalue weighted by molar-refractivity contribution is 14.1. The summed E-state index contributed by atoms with van der Waals surface area (Å²) in [6.07, 6.45) is -2.55. The second-order valence-corrected chi connectivity index (χ2v) is 17.1. The van der Waals surface area contributed by atoms with Crippen molar-refractivity contribution in [1.29, 1.82) is 0 Å². The number of alkyl halides is 3. The van der Waals surface area contributed by atoms with Crippen LogP contribution in [0.4, 0.5) is 18.9 Å². The smallest absolute Gasteiger partial charge is 0.413 e. The molecular formula is C27H36F3IN2O2Si. The van der Waals surface area contributed by atoms with E-state index in [0.717, 1.165) is 34.6 Å².